The Morgan fingerprint density at radius 2 is 2.00 bits per heavy atom. The van der Waals surface area contributed by atoms with Crippen LogP contribution >= 0.6 is 0 Å². The van der Waals surface area contributed by atoms with E-state index >= 15 is 0 Å². The lowest BCUT2D eigenvalue weighted by Gasteiger charge is -2.28. The maximum atomic E-state index is 13.3. The Morgan fingerprint density at radius 3 is 2.62 bits per heavy atom. The number of hydrogen-bond donors (Lipinski definition) is 0. The summed E-state index contributed by atoms with van der Waals surface area (Å²) in [6, 6.07) is 8.96. The monoisotopic (exact) mass is 357 g/mol. The van der Waals surface area contributed by atoms with Gasteiger partial charge in [0.15, 0.2) is 0 Å². The Bertz CT molecular complexity index is 817. The average molecular weight is 357 g/mol. The molecule has 2 atom stereocenters. The van der Waals surface area contributed by atoms with Gasteiger partial charge >= 0.3 is 5.97 Å². The maximum Gasteiger partial charge on any atom is 0.328 e. The van der Waals surface area contributed by atoms with Gasteiger partial charge in [-0.3, -0.25) is 14.9 Å². The van der Waals surface area contributed by atoms with E-state index < -0.39 is 23.0 Å². The molecule has 1 aliphatic heterocycles. The van der Waals surface area contributed by atoms with Gasteiger partial charge in [0.25, 0.3) is 11.6 Å². The predicted molar refractivity (Wildman–Crippen MR) is 92.4 cm³/mol. The van der Waals surface area contributed by atoms with Gasteiger partial charge in [-0.25, -0.2) is 4.79 Å². The predicted octanol–water partition coefficient (Wildman–Crippen LogP) is 2.15. The van der Waals surface area contributed by atoms with Crippen molar-refractivity contribution in [2.75, 3.05) is 13.7 Å². The number of nitrogens with zero attached hydrogens (tertiary/aromatic N) is 3. The van der Waals surface area contributed by atoms with E-state index in [2.05, 4.69) is 0 Å². The number of carbonyl (C=O) groups excluding carboxylic acids is 2. The molecule has 1 aliphatic rings. The first-order valence-electron chi connectivity index (χ1n) is 8.28. The Kier molecular flexibility index (Phi) is 5.01. The smallest absolute Gasteiger partial charge is 0.328 e. The van der Waals surface area contributed by atoms with Gasteiger partial charge in [0.05, 0.1) is 18.2 Å². The van der Waals surface area contributed by atoms with E-state index in [4.69, 9.17) is 4.74 Å². The molecule has 1 amide bonds. The molecule has 8 nitrogen and oxygen atoms in total. The van der Waals surface area contributed by atoms with E-state index in [0.29, 0.717) is 24.9 Å². The number of hydrogen-bond acceptors (Lipinski definition) is 5. The van der Waals surface area contributed by atoms with Crippen LogP contribution in [0, 0.1) is 10.1 Å². The highest BCUT2D eigenvalue weighted by Crippen LogP contribution is 2.28. The van der Waals surface area contributed by atoms with E-state index in [1.54, 1.807) is 24.3 Å². The Labute approximate surface area is 150 Å². The number of carbonyl (C=O) groups is 2. The van der Waals surface area contributed by atoms with E-state index in [1.165, 1.54) is 35.0 Å². The molecule has 0 saturated carbocycles. The molecule has 2 unspecified atom stereocenters. The van der Waals surface area contributed by atoms with Crippen LogP contribution in [0.3, 0.4) is 0 Å². The molecule has 1 aromatic heterocycles. The van der Waals surface area contributed by atoms with Gasteiger partial charge < -0.3 is 14.2 Å². The fourth-order valence-corrected chi connectivity index (χ4v) is 3.32. The Hall–Kier alpha value is -3.16. The van der Waals surface area contributed by atoms with E-state index in [9.17, 15) is 19.7 Å². The van der Waals surface area contributed by atoms with Crippen molar-refractivity contribution >= 4 is 17.6 Å². The SMILES string of the molecule is COC(=O)C1CCCN1C(=O)C(c1ccccc1)n1ccc([N+](=O)[O-])c1. The van der Waals surface area contributed by atoms with Gasteiger partial charge in [0.1, 0.15) is 12.1 Å². The molecule has 1 aromatic carbocycles. The highest BCUT2D eigenvalue weighted by Gasteiger charge is 2.39. The van der Waals surface area contributed by atoms with Crippen molar-refractivity contribution in [3.63, 3.8) is 0 Å². The number of rotatable bonds is 5. The van der Waals surface area contributed by atoms with Crippen molar-refractivity contribution in [1.29, 1.82) is 0 Å². The lowest BCUT2D eigenvalue weighted by molar-refractivity contribution is -0.384. The summed E-state index contributed by atoms with van der Waals surface area (Å²) in [4.78, 5) is 37.3. The summed E-state index contributed by atoms with van der Waals surface area (Å²) in [6.07, 6.45) is 4.10. The summed E-state index contributed by atoms with van der Waals surface area (Å²) < 4.78 is 6.33. The lowest BCUT2D eigenvalue weighted by atomic mass is 10.0. The molecule has 3 rings (SSSR count). The molecule has 136 valence electrons. The third-order valence-corrected chi connectivity index (χ3v) is 4.57. The molecule has 0 bridgehead atoms. The summed E-state index contributed by atoms with van der Waals surface area (Å²) in [5.74, 6) is -0.726. The number of amides is 1. The molecular formula is C18H19N3O5. The topological polar surface area (TPSA) is 94.7 Å². The molecule has 0 N–H and O–H groups in total. The Morgan fingerprint density at radius 1 is 1.27 bits per heavy atom. The third-order valence-electron chi connectivity index (χ3n) is 4.57. The van der Waals surface area contributed by atoms with Crippen LogP contribution in [0.4, 0.5) is 5.69 Å². The minimum atomic E-state index is -0.782. The highest BCUT2D eigenvalue weighted by molar-refractivity contribution is 5.89. The summed E-state index contributed by atoms with van der Waals surface area (Å²) in [7, 11) is 1.30. The van der Waals surface area contributed by atoms with Crippen LogP contribution in [-0.4, -0.2) is 46.0 Å². The van der Waals surface area contributed by atoms with Crippen molar-refractivity contribution in [3.05, 3.63) is 64.5 Å². The number of likely N-dealkylation sites (tertiary alicyclic amines) is 1. The van der Waals surface area contributed by atoms with Crippen LogP contribution in [0.25, 0.3) is 0 Å². The summed E-state index contributed by atoms with van der Waals surface area (Å²) in [6.45, 7) is 0.450. The van der Waals surface area contributed by atoms with Gasteiger partial charge in [-0.2, -0.15) is 0 Å². The third kappa shape index (κ3) is 3.30. The lowest BCUT2D eigenvalue weighted by Crippen LogP contribution is -2.44. The number of esters is 1. The number of ether oxygens (including phenoxy) is 1. The van der Waals surface area contributed by atoms with Crippen LogP contribution in [0.5, 0.6) is 0 Å². The van der Waals surface area contributed by atoms with Crippen LogP contribution < -0.4 is 0 Å². The van der Waals surface area contributed by atoms with E-state index in [0.717, 1.165) is 0 Å². The minimum Gasteiger partial charge on any atom is -0.467 e. The number of methoxy groups -OCH3 is 1. The number of benzene rings is 1. The van der Waals surface area contributed by atoms with Gasteiger partial charge in [-0.1, -0.05) is 30.3 Å². The summed E-state index contributed by atoms with van der Waals surface area (Å²) >= 11 is 0. The molecule has 1 fully saturated rings. The molecule has 0 radical (unpaired) electrons. The van der Waals surface area contributed by atoms with Crippen molar-refractivity contribution in [1.82, 2.24) is 9.47 Å². The van der Waals surface area contributed by atoms with Crippen LogP contribution in [0.1, 0.15) is 24.4 Å². The van der Waals surface area contributed by atoms with Crippen LogP contribution in [-0.2, 0) is 14.3 Å². The quantitative estimate of drug-likeness (QED) is 0.464. The van der Waals surface area contributed by atoms with Gasteiger partial charge in [-0.15, -0.1) is 0 Å². The van der Waals surface area contributed by atoms with Gasteiger partial charge in [0, 0.05) is 18.8 Å². The molecule has 8 heteroatoms. The largest absolute Gasteiger partial charge is 0.467 e. The molecular weight excluding hydrogens is 338 g/mol. The van der Waals surface area contributed by atoms with E-state index in [-0.39, 0.29) is 11.6 Å². The van der Waals surface area contributed by atoms with Crippen LogP contribution in [0.2, 0.25) is 0 Å². The zero-order chi connectivity index (χ0) is 18.7. The average Bonchev–Trinajstić information content (AvgIpc) is 3.32. The fourth-order valence-electron chi connectivity index (χ4n) is 3.32. The highest BCUT2D eigenvalue weighted by atomic mass is 16.6. The first kappa shape index (κ1) is 17.7. The standard InChI is InChI=1S/C18H19N3O5/c1-26-18(23)15-8-5-10-20(15)17(22)16(13-6-3-2-4-7-13)19-11-9-14(12-19)21(24)25/h2-4,6-7,9,11-12,15-16H,5,8,10H2,1H3. The molecule has 0 spiro atoms. The van der Waals surface area contributed by atoms with Crippen LogP contribution in [0.15, 0.2) is 48.8 Å². The molecule has 1 saturated heterocycles. The second-order valence-corrected chi connectivity index (χ2v) is 6.10. The van der Waals surface area contributed by atoms with E-state index in [1.807, 2.05) is 6.07 Å². The summed E-state index contributed by atoms with van der Waals surface area (Å²) in [5, 5.41) is 11.0. The molecule has 2 aromatic rings. The normalized spacial score (nSPS) is 17.7. The second-order valence-electron chi connectivity index (χ2n) is 6.10. The van der Waals surface area contributed by atoms with Gasteiger partial charge in [-0.05, 0) is 18.4 Å². The molecule has 0 aliphatic carbocycles. The summed E-state index contributed by atoms with van der Waals surface area (Å²) in [5.41, 5.74) is 0.600. The first-order valence-corrected chi connectivity index (χ1v) is 8.28. The fraction of sp³-hybridized carbons (Fsp3) is 0.333. The number of aromatic nitrogens is 1. The second kappa shape index (κ2) is 7.38. The minimum absolute atomic E-state index is 0.0929. The first-order chi connectivity index (χ1) is 12.5. The molecule has 2 heterocycles. The number of nitro groups is 1. The van der Waals surface area contributed by atoms with Gasteiger partial charge in [0.2, 0.25) is 0 Å². The maximum absolute atomic E-state index is 13.3. The van der Waals surface area contributed by atoms with Crippen molar-refractivity contribution < 1.29 is 19.2 Å². The van der Waals surface area contributed by atoms with Crippen molar-refractivity contribution in [2.24, 2.45) is 0 Å². The molecule has 26 heavy (non-hydrogen) atoms. The van der Waals surface area contributed by atoms with Crippen molar-refractivity contribution in [2.45, 2.75) is 24.9 Å². The zero-order valence-electron chi connectivity index (χ0n) is 14.3. The zero-order valence-corrected chi connectivity index (χ0v) is 14.3. The van der Waals surface area contributed by atoms with Crippen molar-refractivity contribution in [3.8, 4) is 0 Å². The Balaban J connectivity index is 1.99.